The van der Waals surface area contributed by atoms with E-state index in [-0.39, 0.29) is 0 Å². The highest BCUT2D eigenvalue weighted by Gasteiger charge is 2.03. The maximum absolute atomic E-state index is 5.81. The third kappa shape index (κ3) is 2.12. The fourth-order valence-electron chi connectivity index (χ4n) is 0.831. The second-order valence-electron chi connectivity index (χ2n) is 2.63. The van der Waals surface area contributed by atoms with Gasteiger partial charge in [-0.05, 0) is 69.8 Å². The normalized spacial score (nSPS) is 9.92. The van der Waals surface area contributed by atoms with Crippen LogP contribution < -0.4 is 5.73 Å². The Morgan fingerprint density at radius 2 is 1.75 bits per heavy atom. The summed E-state index contributed by atoms with van der Waals surface area (Å²) in [5.41, 5.74) is 8.91. The second kappa shape index (κ2) is 3.95. The van der Waals surface area contributed by atoms with Crippen LogP contribution in [0.15, 0.2) is 18.7 Å². The highest BCUT2D eigenvalue weighted by atomic mass is 127. The van der Waals surface area contributed by atoms with Crippen LogP contribution >= 0.6 is 45.2 Å². The number of rotatable bonds is 1. The van der Waals surface area contributed by atoms with Crippen molar-refractivity contribution in [3.05, 3.63) is 31.4 Å². The summed E-state index contributed by atoms with van der Waals surface area (Å²) in [4.78, 5) is 0. The van der Waals surface area contributed by atoms with E-state index in [2.05, 4.69) is 63.9 Å². The lowest BCUT2D eigenvalue weighted by molar-refractivity contribution is 1.51. The van der Waals surface area contributed by atoms with Gasteiger partial charge in [0.15, 0.2) is 0 Å². The zero-order valence-electron chi connectivity index (χ0n) is 6.70. The van der Waals surface area contributed by atoms with Gasteiger partial charge >= 0.3 is 0 Å². The van der Waals surface area contributed by atoms with E-state index < -0.39 is 0 Å². The molecule has 1 nitrogen and oxygen atoms in total. The predicted molar refractivity (Wildman–Crippen MR) is 71.0 cm³/mol. The Labute approximate surface area is 99.7 Å². The van der Waals surface area contributed by atoms with E-state index in [1.807, 2.05) is 6.92 Å². The lowest BCUT2D eigenvalue weighted by atomic mass is 10.1. The van der Waals surface area contributed by atoms with Crippen LogP contribution in [0.5, 0.6) is 0 Å². The third-order valence-electron chi connectivity index (χ3n) is 1.57. The van der Waals surface area contributed by atoms with Gasteiger partial charge in [-0.1, -0.05) is 12.2 Å². The van der Waals surface area contributed by atoms with Gasteiger partial charge in [0.1, 0.15) is 0 Å². The van der Waals surface area contributed by atoms with Crippen LogP contribution in [0.25, 0.3) is 5.57 Å². The molecule has 0 saturated carbocycles. The van der Waals surface area contributed by atoms with E-state index in [0.717, 1.165) is 24.0 Å². The van der Waals surface area contributed by atoms with Crippen LogP contribution in [0.4, 0.5) is 5.69 Å². The summed E-state index contributed by atoms with van der Waals surface area (Å²) in [7, 11) is 0. The van der Waals surface area contributed by atoms with Crippen molar-refractivity contribution in [3.8, 4) is 0 Å². The summed E-state index contributed by atoms with van der Waals surface area (Å²) >= 11 is 4.48. The van der Waals surface area contributed by atoms with Gasteiger partial charge < -0.3 is 5.73 Å². The molecule has 1 aromatic rings. The summed E-state index contributed by atoms with van der Waals surface area (Å²) in [6, 6.07) is 4.11. The van der Waals surface area contributed by atoms with Crippen LogP contribution in [0.1, 0.15) is 12.5 Å². The number of hydrogen-bond donors (Lipinski definition) is 1. The number of anilines is 1. The summed E-state index contributed by atoms with van der Waals surface area (Å²) in [5.74, 6) is 0. The zero-order valence-corrected chi connectivity index (χ0v) is 11.0. The Hall–Kier alpha value is 0.220. The largest absolute Gasteiger partial charge is 0.397 e. The highest BCUT2D eigenvalue weighted by molar-refractivity contribution is 14.1. The fourth-order valence-corrected chi connectivity index (χ4v) is 2.60. The van der Waals surface area contributed by atoms with Gasteiger partial charge in [0.2, 0.25) is 0 Å². The Bertz CT molecular complexity index is 308. The topological polar surface area (TPSA) is 26.0 Å². The van der Waals surface area contributed by atoms with Gasteiger partial charge in [0, 0.05) is 7.14 Å². The van der Waals surface area contributed by atoms with Gasteiger partial charge in [-0.3, -0.25) is 0 Å². The molecule has 0 radical (unpaired) electrons. The van der Waals surface area contributed by atoms with Crippen molar-refractivity contribution in [2.24, 2.45) is 0 Å². The lowest BCUT2D eigenvalue weighted by Gasteiger charge is -2.05. The van der Waals surface area contributed by atoms with Crippen LogP contribution in [-0.4, -0.2) is 0 Å². The minimum atomic E-state index is 0.862. The van der Waals surface area contributed by atoms with Crippen molar-refractivity contribution < 1.29 is 0 Å². The molecule has 0 bridgehead atoms. The molecule has 2 N–H and O–H groups in total. The second-order valence-corrected chi connectivity index (χ2v) is 4.96. The first-order valence-electron chi connectivity index (χ1n) is 3.42. The molecule has 0 atom stereocenters. The monoisotopic (exact) mass is 385 g/mol. The third-order valence-corrected chi connectivity index (χ3v) is 3.36. The minimum absolute atomic E-state index is 0.862. The minimum Gasteiger partial charge on any atom is -0.397 e. The van der Waals surface area contributed by atoms with Crippen molar-refractivity contribution >= 4 is 56.4 Å². The Kier molecular flexibility index (Phi) is 3.39. The number of hydrogen-bond acceptors (Lipinski definition) is 1. The molecule has 0 spiro atoms. The molecule has 12 heavy (non-hydrogen) atoms. The van der Waals surface area contributed by atoms with Crippen LogP contribution in [0, 0.1) is 7.14 Å². The molecular formula is C9H9I2N. The molecule has 3 heteroatoms. The van der Waals surface area contributed by atoms with Crippen molar-refractivity contribution in [1.29, 1.82) is 0 Å². The summed E-state index contributed by atoms with van der Waals surface area (Å²) < 4.78 is 2.19. The van der Waals surface area contributed by atoms with E-state index >= 15 is 0 Å². The molecule has 0 amide bonds. The molecule has 1 aromatic carbocycles. The lowest BCUT2D eigenvalue weighted by Crippen LogP contribution is -1.94. The van der Waals surface area contributed by atoms with Gasteiger partial charge in [0.05, 0.1) is 5.69 Å². The summed E-state index contributed by atoms with van der Waals surface area (Å²) in [6.07, 6.45) is 0. The first-order valence-corrected chi connectivity index (χ1v) is 5.58. The highest BCUT2D eigenvalue weighted by Crippen LogP contribution is 2.26. The van der Waals surface area contributed by atoms with Crippen molar-refractivity contribution in [2.45, 2.75) is 6.92 Å². The average Bonchev–Trinajstić information content (AvgIpc) is 1.99. The van der Waals surface area contributed by atoms with E-state index in [9.17, 15) is 0 Å². The standard InChI is InChI=1S/C9H9I2N/c1-5(2)6-3-7(10)9(12)8(11)4-6/h3-4H,1,12H2,2H3. The number of nitrogens with two attached hydrogens (primary N) is 1. The maximum atomic E-state index is 5.81. The van der Waals surface area contributed by atoms with Crippen LogP contribution in [-0.2, 0) is 0 Å². The molecule has 0 aliphatic rings. The number of benzene rings is 1. The summed E-state index contributed by atoms with van der Waals surface area (Å²) in [6.45, 7) is 5.89. The Morgan fingerprint density at radius 3 is 2.08 bits per heavy atom. The van der Waals surface area contributed by atoms with Gasteiger partial charge in [0.25, 0.3) is 0 Å². The molecule has 0 aliphatic heterocycles. The van der Waals surface area contributed by atoms with Crippen molar-refractivity contribution in [1.82, 2.24) is 0 Å². The average molecular weight is 385 g/mol. The molecule has 0 unspecified atom stereocenters. The number of allylic oxidation sites excluding steroid dienone is 1. The first-order chi connectivity index (χ1) is 5.52. The first kappa shape index (κ1) is 10.3. The van der Waals surface area contributed by atoms with E-state index in [1.165, 1.54) is 0 Å². The molecule has 64 valence electrons. The molecule has 0 saturated heterocycles. The zero-order chi connectivity index (χ0) is 9.30. The SMILES string of the molecule is C=C(C)c1cc(I)c(N)c(I)c1. The van der Waals surface area contributed by atoms with Crippen molar-refractivity contribution in [2.75, 3.05) is 5.73 Å². The molecule has 1 rings (SSSR count). The van der Waals surface area contributed by atoms with Gasteiger partial charge in [-0.25, -0.2) is 0 Å². The maximum Gasteiger partial charge on any atom is 0.0585 e. The molecule has 0 fully saturated rings. The number of halogens is 2. The van der Waals surface area contributed by atoms with Crippen LogP contribution in [0.3, 0.4) is 0 Å². The van der Waals surface area contributed by atoms with Gasteiger partial charge in [-0.15, -0.1) is 0 Å². The Morgan fingerprint density at radius 1 is 1.33 bits per heavy atom. The van der Waals surface area contributed by atoms with Crippen molar-refractivity contribution in [3.63, 3.8) is 0 Å². The van der Waals surface area contributed by atoms with Crippen LogP contribution in [0.2, 0.25) is 0 Å². The molecule has 0 aromatic heterocycles. The predicted octanol–water partition coefficient (Wildman–Crippen LogP) is 3.51. The van der Waals surface area contributed by atoms with E-state index in [4.69, 9.17) is 5.73 Å². The molecular weight excluding hydrogens is 376 g/mol. The molecule has 0 aliphatic carbocycles. The van der Waals surface area contributed by atoms with E-state index in [0.29, 0.717) is 0 Å². The smallest absolute Gasteiger partial charge is 0.0585 e. The number of nitrogen functional groups attached to an aromatic ring is 1. The fraction of sp³-hybridized carbons (Fsp3) is 0.111. The summed E-state index contributed by atoms with van der Waals surface area (Å²) in [5, 5.41) is 0. The quantitative estimate of drug-likeness (QED) is 0.582. The van der Waals surface area contributed by atoms with Gasteiger partial charge in [-0.2, -0.15) is 0 Å². The Balaban J connectivity index is 3.31. The molecule has 0 heterocycles. The van der Waals surface area contributed by atoms with E-state index in [1.54, 1.807) is 0 Å².